The highest BCUT2D eigenvalue weighted by Crippen LogP contribution is 2.49. The van der Waals surface area contributed by atoms with E-state index in [1.807, 2.05) is 6.07 Å². The van der Waals surface area contributed by atoms with E-state index < -0.39 is 0 Å². The summed E-state index contributed by atoms with van der Waals surface area (Å²) in [6.45, 7) is 3.38. The van der Waals surface area contributed by atoms with Crippen molar-refractivity contribution in [1.29, 1.82) is 0 Å². The molecule has 2 aliphatic rings. The second-order valence-corrected chi connectivity index (χ2v) is 6.61. The number of nitrogens with one attached hydrogen (secondary N) is 1. The maximum atomic E-state index is 5.53. The molecule has 2 heteroatoms. The van der Waals surface area contributed by atoms with Crippen LogP contribution in [0.5, 0.6) is 0 Å². The van der Waals surface area contributed by atoms with Crippen molar-refractivity contribution in [2.45, 2.75) is 57.9 Å². The van der Waals surface area contributed by atoms with Crippen LogP contribution in [-0.4, -0.2) is 12.6 Å². The molecule has 2 saturated carbocycles. The second-order valence-electron chi connectivity index (χ2n) is 6.61. The molecule has 0 radical (unpaired) electrons. The summed E-state index contributed by atoms with van der Waals surface area (Å²) in [6.07, 6.45) is 11.4. The number of rotatable bonds is 7. The summed E-state index contributed by atoms with van der Waals surface area (Å²) in [4.78, 5) is 0. The first-order valence-electron chi connectivity index (χ1n) is 8.11. The summed E-state index contributed by atoms with van der Waals surface area (Å²) in [6, 6.07) is 4.72. The molecule has 0 aromatic carbocycles. The van der Waals surface area contributed by atoms with Gasteiger partial charge in [0.25, 0.3) is 0 Å². The molecule has 0 amide bonds. The van der Waals surface area contributed by atoms with Gasteiger partial charge in [0, 0.05) is 12.5 Å². The monoisotopic (exact) mass is 261 g/mol. The summed E-state index contributed by atoms with van der Waals surface area (Å²) in [5, 5.41) is 3.73. The number of furan rings is 1. The van der Waals surface area contributed by atoms with Gasteiger partial charge in [-0.1, -0.05) is 13.3 Å². The van der Waals surface area contributed by atoms with Crippen LogP contribution in [-0.2, 0) is 6.42 Å². The molecule has 2 nitrogen and oxygen atoms in total. The van der Waals surface area contributed by atoms with Crippen LogP contribution in [0.15, 0.2) is 22.8 Å². The van der Waals surface area contributed by atoms with Crippen LogP contribution in [0.3, 0.4) is 0 Å². The highest BCUT2D eigenvalue weighted by molar-refractivity contribution is 5.01. The number of hydrogen-bond donors (Lipinski definition) is 1. The zero-order valence-electron chi connectivity index (χ0n) is 12.1. The largest absolute Gasteiger partial charge is 0.469 e. The highest BCUT2D eigenvalue weighted by Gasteiger charge is 2.40. The van der Waals surface area contributed by atoms with Gasteiger partial charge in [0.1, 0.15) is 5.76 Å². The first kappa shape index (κ1) is 13.2. The van der Waals surface area contributed by atoms with Gasteiger partial charge in [-0.25, -0.2) is 0 Å². The van der Waals surface area contributed by atoms with E-state index in [1.165, 1.54) is 38.5 Å². The molecule has 1 heterocycles. The van der Waals surface area contributed by atoms with E-state index in [0.29, 0.717) is 6.04 Å². The van der Waals surface area contributed by atoms with Gasteiger partial charge in [0.05, 0.1) is 6.26 Å². The molecule has 0 spiro atoms. The molecular formula is C17H27NO. The predicted octanol–water partition coefficient (Wildman–Crippen LogP) is 4.02. The van der Waals surface area contributed by atoms with Gasteiger partial charge < -0.3 is 9.73 Å². The standard InChI is InChI=1S/C17H27NO/c1-2-7-18-16(12-17-4-3-8-19-17)11-15-10-13-5-6-14(15)9-13/h3-4,8,13-16,18H,2,5-7,9-12H2,1H3. The third kappa shape index (κ3) is 3.22. The van der Waals surface area contributed by atoms with Crippen molar-refractivity contribution in [1.82, 2.24) is 5.32 Å². The molecule has 0 saturated heterocycles. The zero-order valence-corrected chi connectivity index (χ0v) is 12.1. The molecule has 4 atom stereocenters. The molecular weight excluding hydrogens is 234 g/mol. The Kier molecular flexibility index (Phi) is 4.27. The van der Waals surface area contributed by atoms with Crippen LogP contribution in [0.25, 0.3) is 0 Å². The second kappa shape index (κ2) is 6.13. The average Bonchev–Trinajstić information content (AvgIpc) is 3.12. The van der Waals surface area contributed by atoms with Gasteiger partial charge >= 0.3 is 0 Å². The SMILES string of the molecule is CCCNC(Cc1ccco1)CC1CC2CCC1C2. The first-order chi connectivity index (χ1) is 9.35. The summed E-state index contributed by atoms with van der Waals surface area (Å²) in [5.74, 6) is 4.21. The van der Waals surface area contributed by atoms with Crippen molar-refractivity contribution in [3.63, 3.8) is 0 Å². The Morgan fingerprint density at radius 1 is 1.37 bits per heavy atom. The maximum Gasteiger partial charge on any atom is 0.105 e. The van der Waals surface area contributed by atoms with Crippen molar-refractivity contribution >= 4 is 0 Å². The minimum absolute atomic E-state index is 0.607. The van der Waals surface area contributed by atoms with E-state index in [-0.39, 0.29) is 0 Å². The van der Waals surface area contributed by atoms with Gasteiger partial charge in [-0.3, -0.25) is 0 Å². The summed E-state index contributed by atoms with van der Waals surface area (Å²) in [5.41, 5.74) is 0. The molecule has 4 unspecified atom stereocenters. The van der Waals surface area contributed by atoms with Gasteiger partial charge in [0.15, 0.2) is 0 Å². The van der Waals surface area contributed by atoms with Crippen LogP contribution in [0.4, 0.5) is 0 Å². The van der Waals surface area contributed by atoms with Crippen molar-refractivity contribution in [3.05, 3.63) is 24.2 Å². The van der Waals surface area contributed by atoms with Gasteiger partial charge in [-0.2, -0.15) is 0 Å². The van der Waals surface area contributed by atoms with E-state index in [1.54, 1.807) is 6.26 Å². The van der Waals surface area contributed by atoms with Crippen molar-refractivity contribution < 1.29 is 4.42 Å². The van der Waals surface area contributed by atoms with E-state index >= 15 is 0 Å². The molecule has 1 aromatic rings. The fourth-order valence-electron chi connectivity index (χ4n) is 4.29. The number of hydrogen-bond acceptors (Lipinski definition) is 2. The van der Waals surface area contributed by atoms with Crippen LogP contribution < -0.4 is 5.32 Å². The lowest BCUT2D eigenvalue weighted by atomic mass is 9.83. The minimum Gasteiger partial charge on any atom is -0.469 e. The lowest BCUT2D eigenvalue weighted by Crippen LogP contribution is -2.34. The van der Waals surface area contributed by atoms with Gasteiger partial charge in [0.2, 0.25) is 0 Å². The fraction of sp³-hybridized carbons (Fsp3) is 0.765. The smallest absolute Gasteiger partial charge is 0.105 e. The highest BCUT2D eigenvalue weighted by atomic mass is 16.3. The Balaban J connectivity index is 1.55. The zero-order chi connectivity index (χ0) is 13.1. The molecule has 19 heavy (non-hydrogen) atoms. The molecule has 0 aliphatic heterocycles. The molecule has 2 aliphatic carbocycles. The maximum absolute atomic E-state index is 5.53. The van der Waals surface area contributed by atoms with E-state index in [4.69, 9.17) is 4.42 Å². The lowest BCUT2D eigenvalue weighted by Gasteiger charge is -2.27. The Hall–Kier alpha value is -0.760. The van der Waals surface area contributed by atoms with E-state index in [2.05, 4.69) is 18.3 Å². The lowest BCUT2D eigenvalue weighted by molar-refractivity contribution is 0.271. The topological polar surface area (TPSA) is 25.2 Å². The normalized spacial score (nSPS) is 30.9. The summed E-state index contributed by atoms with van der Waals surface area (Å²) in [7, 11) is 0. The first-order valence-corrected chi connectivity index (χ1v) is 8.11. The van der Waals surface area contributed by atoms with Crippen molar-refractivity contribution in [3.8, 4) is 0 Å². The number of fused-ring (bicyclic) bond motifs is 2. The van der Waals surface area contributed by atoms with Crippen LogP contribution in [0, 0.1) is 17.8 Å². The van der Waals surface area contributed by atoms with Crippen molar-refractivity contribution in [2.75, 3.05) is 6.54 Å². The quantitative estimate of drug-likeness (QED) is 0.802. The van der Waals surface area contributed by atoms with Crippen molar-refractivity contribution in [2.24, 2.45) is 17.8 Å². The van der Waals surface area contributed by atoms with E-state index in [9.17, 15) is 0 Å². The third-order valence-electron chi connectivity index (χ3n) is 5.18. The Bertz CT molecular complexity index is 373. The molecule has 2 fully saturated rings. The van der Waals surface area contributed by atoms with Crippen LogP contribution in [0.1, 0.15) is 51.2 Å². The predicted molar refractivity (Wildman–Crippen MR) is 78.0 cm³/mol. The fourth-order valence-corrected chi connectivity index (χ4v) is 4.29. The Morgan fingerprint density at radius 3 is 2.95 bits per heavy atom. The molecule has 106 valence electrons. The Morgan fingerprint density at radius 2 is 2.32 bits per heavy atom. The molecule has 2 bridgehead atoms. The van der Waals surface area contributed by atoms with Crippen LogP contribution in [0.2, 0.25) is 0 Å². The summed E-state index contributed by atoms with van der Waals surface area (Å²) < 4.78 is 5.53. The minimum atomic E-state index is 0.607. The Labute approximate surface area is 117 Å². The summed E-state index contributed by atoms with van der Waals surface area (Å²) >= 11 is 0. The molecule has 3 rings (SSSR count). The average molecular weight is 261 g/mol. The van der Waals surface area contributed by atoms with Crippen LogP contribution >= 0.6 is 0 Å². The molecule has 1 N–H and O–H groups in total. The third-order valence-corrected chi connectivity index (χ3v) is 5.18. The van der Waals surface area contributed by atoms with E-state index in [0.717, 1.165) is 36.5 Å². The molecule has 1 aromatic heterocycles. The van der Waals surface area contributed by atoms with Gasteiger partial charge in [-0.05, 0) is 68.5 Å². The van der Waals surface area contributed by atoms with Gasteiger partial charge in [-0.15, -0.1) is 0 Å².